The molecule has 3 saturated heterocycles. The number of carbonyl (C=O) groups is 1. The van der Waals surface area contributed by atoms with Gasteiger partial charge in [0.25, 0.3) is 0 Å². The Morgan fingerprint density at radius 2 is 1.09 bits per heavy atom. The highest BCUT2D eigenvalue weighted by atomic mass is 16.5. The number of rotatable bonds is 13. The number of allylic oxidation sites excluding steroid dienone is 2. The Morgan fingerprint density at radius 3 is 1.62 bits per heavy atom. The average molecular weight is 1380 g/mol. The molecule has 3 aliphatic carbocycles. The molecule has 20 heteroatoms. The zero-order valence-corrected chi connectivity index (χ0v) is 58.4. The third kappa shape index (κ3) is 14.4. The number of fused-ring (bicyclic) bond motifs is 5. The quantitative estimate of drug-likeness (QED) is 0.0907. The summed E-state index contributed by atoms with van der Waals surface area (Å²) in [4.78, 5) is 52.4. The Hall–Kier alpha value is -11.4. The lowest BCUT2D eigenvalue weighted by molar-refractivity contribution is -0.121. The second kappa shape index (κ2) is 29.5. The molecule has 10 aromatic rings. The predicted octanol–water partition coefficient (Wildman–Crippen LogP) is 13.5. The number of nitriles is 1. The summed E-state index contributed by atoms with van der Waals surface area (Å²) in [5.41, 5.74) is 20.1. The van der Waals surface area contributed by atoms with Crippen LogP contribution in [-0.4, -0.2) is 127 Å². The van der Waals surface area contributed by atoms with E-state index in [1.54, 1.807) is 38.9 Å². The summed E-state index contributed by atoms with van der Waals surface area (Å²) in [7, 11) is 0. The van der Waals surface area contributed by atoms with E-state index < -0.39 is 11.0 Å². The molecule has 7 aliphatic rings. The number of terminal acetylenes is 2. The number of aromatic nitrogens is 9. The summed E-state index contributed by atoms with van der Waals surface area (Å²) in [6, 6.07) is 31.7. The predicted molar refractivity (Wildman–Crippen MR) is 396 cm³/mol. The Labute approximate surface area is 603 Å². The highest BCUT2D eigenvalue weighted by Gasteiger charge is 2.40. The van der Waals surface area contributed by atoms with Crippen LogP contribution >= 0.6 is 0 Å². The summed E-state index contributed by atoms with van der Waals surface area (Å²) in [6.45, 7) is 13.0. The Balaban J connectivity index is 0.000000126. The number of carbonyl (C=O) groups excluding carboxylic acids is 1. The minimum absolute atomic E-state index is 0.0666. The number of nitrogens with zero attached hydrogens (tertiary/aromatic N) is 9. The van der Waals surface area contributed by atoms with Gasteiger partial charge in [0.1, 0.15) is 72.3 Å². The maximum absolute atomic E-state index is 12.5. The molecule has 0 amide bonds. The number of nitrogens with one attached hydrogen (secondary N) is 2. The van der Waals surface area contributed by atoms with E-state index in [0.29, 0.717) is 74.3 Å². The molecular weight excluding hydrogens is 1310 g/mol. The Morgan fingerprint density at radius 1 is 0.567 bits per heavy atom. The molecule has 3 fully saturated rings. The van der Waals surface area contributed by atoms with Crippen molar-refractivity contribution in [1.29, 1.82) is 5.26 Å². The van der Waals surface area contributed by atoms with Gasteiger partial charge in [0.2, 0.25) is 5.88 Å². The van der Waals surface area contributed by atoms with Crippen molar-refractivity contribution in [3.63, 3.8) is 0 Å². The molecule has 4 aliphatic heterocycles. The van der Waals surface area contributed by atoms with Crippen LogP contribution in [0.1, 0.15) is 134 Å². The van der Waals surface area contributed by atoms with E-state index in [-0.39, 0.29) is 24.1 Å². The molecule has 7 aromatic heterocycles. The number of Topliss-reactive ketones (excluding diaryl/α,β-unsaturated/α-hetero) is 1. The van der Waals surface area contributed by atoms with Crippen LogP contribution in [0.3, 0.4) is 0 Å². The monoisotopic (exact) mass is 1380 g/mol. The Kier molecular flexibility index (Phi) is 19.4. The number of ether oxygens (including phenoxy) is 7. The largest absolute Gasteiger partial charge is 0.489 e. The molecule has 0 atom stereocenters. The molecule has 11 heterocycles. The van der Waals surface area contributed by atoms with Crippen LogP contribution < -0.4 is 24.3 Å². The van der Waals surface area contributed by atoms with Crippen molar-refractivity contribution in [1.82, 2.24) is 44.9 Å². The van der Waals surface area contributed by atoms with Crippen LogP contribution in [0.25, 0.3) is 79.2 Å². The number of hydrogen-bond donors (Lipinski definition) is 3. The van der Waals surface area contributed by atoms with E-state index in [4.69, 9.17) is 46.0 Å². The summed E-state index contributed by atoms with van der Waals surface area (Å²) in [6.07, 6.45) is 33.7. The van der Waals surface area contributed by atoms with Gasteiger partial charge in [-0.3, -0.25) is 19.7 Å². The molecule has 3 N–H and O–H groups in total. The third-order valence-corrected chi connectivity index (χ3v) is 20.0. The highest BCUT2D eigenvalue weighted by molar-refractivity contribution is 5.98. The molecule has 104 heavy (non-hydrogen) atoms. The number of aliphatic hydroxyl groups is 1. The lowest BCUT2D eigenvalue weighted by Crippen LogP contribution is -2.26. The van der Waals surface area contributed by atoms with Crippen LogP contribution in [0.2, 0.25) is 0 Å². The van der Waals surface area contributed by atoms with E-state index in [1.807, 2.05) is 105 Å². The van der Waals surface area contributed by atoms with Gasteiger partial charge in [-0.15, -0.1) is 12.8 Å². The van der Waals surface area contributed by atoms with Crippen molar-refractivity contribution in [2.24, 2.45) is 0 Å². The molecule has 0 unspecified atom stereocenters. The van der Waals surface area contributed by atoms with Crippen molar-refractivity contribution < 1.29 is 43.1 Å². The number of pyridine rings is 4. The number of H-pyrrole nitrogens is 1. The van der Waals surface area contributed by atoms with Crippen LogP contribution in [0.5, 0.6) is 23.1 Å². The van der Waals surface area contributed by atoms with Crippen molar-refractivity contribution >= 4 is 45.7 Å². The van der Waals surface area contributed by atoms with E-state index in [9.17, 15) is 15.2 Å². The maximum Gasteiger partial charge on any atom is 0.237 e. The van der Waals surface area contributed by atoms with E-state index in [0.717, 1.165) is 199 Å². The van der Waals surface area contributed by atoms with Crippen LogP contribution in [0, 0.1) is 36.0 Å². The molecule has 0 saturated carbocycles. The van der Waals surface area contributed by atoms with Gasteiger partial charge in [0.05, 0.1) is 107 Å². The molecule has 20 nitrogen and oxygen atoms in total. The number of benzene rings is 3. The van der Waals surface area contributed by atoms with Gasteiger partial charge in [0.15, 0.2) is 0 Å². The fraction of sp³-hybridized carbons (Fsp3) is 0.310. The van der Waals surface area contributed by atoms with Gasteiger partial charge in [-0.25, -0.2) is 24.9 Å². The van der Waals surface area contributed by atoms with Crippen LogP contribution in [-0.2, 0) is 49.3 Å². The first-order valence-electron chi connectivity index (χ1n) is 35.3. The summed E-state index contributed by atoms with van der Waals surface area (Å²) >= 11 is 0. The fourth-order valence-electron chi connectivity index (χ4n) is 14.1. The SMILES string of the molecule is C#Cc1cc(-c2ncnc3c2C=C(c2cnc4c(c2)CC(=O)C4(C)C)C3)ccc1OC1CCOCC1.C#Cc1cc(-c2ncnc3c2C=C(c2cnc4c(c2)NCCO4)C3)ccc1OC1CCOCC1.CC(C)(O)c1ccc(-c2cc3c(-c4ccc(OC5CCOCC5)c(C#N)c4)nccc3[nH]2)cn1. The molecule has 17 rings (SSSR count). The second-order valence-electron chi connectivity index (χ2n) is 27.8. The first-order chi connectivity index (χ1) is 50.6. The lowest BCUT2D eigenvalue weighted by Gasteiger charge is -2.24. The van der Waals surface area contributed by atoms with Gasteiger partial charge < -0.3 is 48.6 Å². The number of aromatic amines is 1. The first kappa shape index (κ1) is 68.3. The van der Waals surface area contributed by atoms with Gasteiger partial charge in [-0.1, -0.05) is 11.8 Å². The van der Waals surface area contributed by atoms with Crippen molar-refractivity contribution in [2.45, 2.75) is 115 Å². The van der Waals surface area contributed by atoms with Crippen LogP contribution in [0.15, 0.2) is 128 Å². The highest BCUT2D eigenvalue weighted by Crippen LogP contribution is 2.43. The minimum Gasteiger partial charge on any atom is -0.489 e. The third-order valence-electron chi connectivity index (χ3n) is 20.0. The standard InChI is InChI=1S/C30H27N3O3.C27H24N4O3.C27H26N4O3/c1-4-18-11-19(5-6-26(18)36-23-7-9-35-10-8-23)28-24-13-20(14-25(24)32-17-33-28)22-12-21-15-27(34)30(2,3)29(21)31-16-22;1-2-17-11-18(3-4-25(17)34-21-5-8-32-9-6-21)26-22-12-19(13-23(22)30-16-31-26)20-14-24-27(29-15-20)33-10-7-28-24;1-27(2,32)25-6-4-18(16-30-25)23-14-21-22(31-23)7-10-29-26(21)17-3-5-24(19(13-17)15-28)34-20-8-11-33-12-9-20/h1,5-6,11-13,16-17,23H,7-10,14-15H2,2-3H3;1,3-4,11-12,14-16,21,28H,5-10,13H2;3-7,10,13-14,16,20,31-32H,8-9,11-12H2,1-2H3. The molecular formula is C84H77N11O9. The first-order valence-corrected chi connectivity index (χ1v) is 35.3. The molecule has 0 spiro atoms. The molecule has 0 radical (unpaired) electrons. The summed E-state index contributed by atoms with van der Waals surface area (Å²) in [5.74, 6) is 8.48. The molecule has 522 valence electrons. The number of anilines is 1. The topological polar surface area (TPSA) is 257 Å². The maximum atomic E-state index is 12.5. The van der Waals surface area contributed by atoms with Gasteiger partial charge in [0, 0.05) is 139 Å². The lowest BCUT2D eigenvalue weighted by atomic mass is 9.89. The summed E-state index contributed by atoms with van der Waals surface area (Å²) < 4.78 is 40.3. The second-order valence-corrected chi connectivity index (χ2v) is 27.8. The molecule has 3 aromatic carbocycles. The fourth-order valence-corrected chi connectivity index (χ4v) is 14.1. The number of ketones is 1. The van der Waals surface area contributed by atoms with Crippen LogP contribution in [0.4, 0.5) is 5.69 Å². The van der Waals surface area contributed by atoms with E-state index >= 15 is 0 Å². The van der Waals surface area contributed by atoms with Gasteiger partial charge >= 0.3 is 0 Å². The zero-order chi connectivity index (χ0) is 71.5. The number of hydrogen-bond acceptors (Lipinski definition) is 19. The minimum atomic E-state index is -0.991. The average Bonchev–Trinajstić information content (AvgIpc) is 1.61. The van der Waals surface area contributed by atoms with Crippen molar-refractivity contribution in [3.8, 4) is 98.9 Å². The molecule has 0 bridgehead atoms. The normalized spacial score (nSPS) is 16.7. The summed E-state index contributed by atoms with van der Waals surface area (Å²) in [5, 5.41) is 24.2. The van der Waals surface area contributed by atoms with Crippen molar-refractivity contribution in [2.75, 3.05) is 58.1 Å². The van der Waals surface area contributed by atoms with Crippen molar-refractivity contribution in [3.05, 3.63) is 196 Å². The van der Waals surface area contributed by atoms with E-state index in [2.05, 4.69) is 92.4 Å². The van der Waals surface area contributed by atoms with Gasteiger partial charge in [-0.2, -0.15) is 5.26 Å². The Bertz CT molecular complexity index is 5150. The van der Waals surface area contributed by atoms with E-state index in [1.165, 1.54) is 0 Å². The smallest absolute Gasteiger partial charge is 0.237 e. The zero-order valence-electron chi connectivity index (χ0n) is 58.4. The van der Waals surface area contributed by atoms with Gasteiger partial charge in [-0.05, 0) is 159 Å².